The maximum Gasteiger partial charge on any atom is 0.131 e. The van der Waals surface area contributed by atoms with Crippen molar-refractivity contribution in [3.8, 4) is 23.0 Å². The second-order valence-electron chi connectivity index (χ2n) is 6.45. The van der Waals surface area contributed by atoms with Gasteiger partial charge in [0, 0.05) is 33.1 Å². The average Bonchev–Trinajstić information content (AvgIpc) is 2.73. The molecule has 5 heteroatoms. The molecule has 0 radical (unpaired) electrons. The summed E-state index contributed by atoms with van der Waals surface area (Å²) in [5.41, 5.74) is 2.70. The topological polar surface area (TPSA) is 47.9 Å². The quantitative estimate of drug-likeness (QED) is 0.564. The SMILES string of the molecule is COc1ccc(C2=CC(c3ccc(OC)cc3O)c3cc(Br)ccc3O2)cc1. The fraction of sp³-hybridized carbons (Fsp3) is 0.130. The van der Waals surface area contributed by atoms with Crippen LogP contribution >= 0.6 is 15.9 Å². The summed E-state index contributed by atoms with van der Waals surface area (Å²) < 4.78 is 17.6. The van der Waals surface area contributed by atoms with Gasteiger partial charge < -0.3 is 19.3 Å². The molecule has 0 amide bonds. The molecule has 3 aromatic rings. The minimum Gasteiger partial charge on any atom is -0.507 e. The van der Waals surface area contributed by atoms with Crippen molar-refractivity contribution in [3.05, 3.63) is 87.9 Å². The Balaban J connectivity index is 1.83. The van der Waals surface area contributed by atoms with E-state index in [4.69, 9.17) is 14.2 Å². The highest BCUT2D eigenvalue weighted by Crippen LogP contribution is 2.45. The van der Waals surface area contributed by atoms with Crippen molar-refractivity contribution in [2.45, 2.75) is 5.92 Å². The Bertz CT molecular complexity index is 1040. The molecular weight excluding hydrogens is 420 g/mol. The van der Waals surface area contributed by atoms with Crippen molar-refractivity contribution in [2.24, 2.45) is 0 Å². The molecule has 1 aliphatic heterocycles. The first kappa shape index (κ1) is 18.4. The van der Waals surface area contributed by atoms with Gasteiger partial charge in [-0.05, 0) is 54.6 Å². The van der Waals surface area contributed by atoms with Gasteiger partial charge >= 0.3 is 0 Å². The summed E-state index contributed by atoms with van der Waals surface area (Å²) in [4.78, 5) is 0. The van der Waals surface area contributed by atoms with Crippen LogP contribution in [0.15, 0.2) is 71.2 Å². The average molecular weight is 439 g/mol. The largest absolute Gasteiger partial charge is 0.507 e. The van der Waals surface area contributed by atoms with Gasteiger partial charge in [-0.2, -0.15) is 0 Å². The molecule has 0 aliphatic carbocycles. The first-order valence-corrected chi connectivity index (χ1v) is 9.59. The Labute approximate surface area is 172 Å². The number of allylic oxidation sites excluding steroid dienone is 1. The van der Waals surface area contributed by atoms with Crippen molar-refractivity contribution in [1.82, 2.24) is 0 Å². The number of phenols is 1. The number of fused-ring (bicyclic) bond motifs is 1. The number of hydrogen-bond donors (Lipinski definition) is 1. The molecule has 1 aliphatic rings. The third-order valence-corrected chi connectivity index (χ3v) is 5.29. The number of halogens is 1. The Morgan fingerprint density at radius 1 is 0.857 bits per heavy atom. The number of rotatable bonds is 4. The zero-order chi connectivity index (χ0) is 19.7. The molecule has 0 spiro atoms. The van der Waals surface area contributed by atoms with Crippen molar-refractivity contribution in [2.75, 3.05) is 14.2 Å². The van der Waals surface area contributed by atoms with Gasteiger partial charge in [0.1, 0.15) is 28.8 Å². The van der Waals surface area contributed by atoms with E-state index in [2.05, 4.69) is 15.9 Å². The van der Waals surface area contributed by atoms with Crippen LogP contribution in [0.2, 0.25) is 0 Å². The molecule has 0 saturated carbocycles. The highest BCUT2D eigenvalue weighted by atomic mass is 79.9. The molecule has 0 bridgehead atoms. The maximum atomic E-state index is 10.6. The van der Waals surface area contributed by atoms with E-state index in [-0.39, 0.29) is 11.7 Å². The van der Waals surface area contributed by atoms with E-state index in [1.165, 1.54) is 0 Å². The number of phenolic OH excluding ortho intramolecular Hbond substituents is 1. The van der Waals surface area contributed by atoms with E-state index in [0.29, 0.717) is 5.75 Å². The zero-order valence-electron chi connectivity index (χ0n) is 15.5. The van der Waals surface area contributed by atoms with Gasteiger partial charge in [0.25, 0.3) is 0 Å². The van der Waals surface area contributed by atoms with Crippen LogP contribution in [-0.2, 0) is 0 Å². The number of benzene rings is 3. The number of hydrogen-bond acceptors (Lipinski definition) is 4. The minimum atomic E-state index is -0.163. The number of ether oxygens (including phenoxy) is 3. The van der Waals surface area contributed by atoms with Gasteiger partial charge in [-0.15, -0.1) is 0 Å². The Morgan fingerprint density at radius 2 is 1.57 bits per heavy atom. The predicted molar refractivity (Wildman–Crippen MR) is 112 cm³/mol. The Morgan fingerprint density at radius 3 is 2.25 bits per heavy atom. The Hall–Kier alpha value is -2.92. The van der Waals surface area contributed by atoms with Crippen molar-refractivity contribution in [3.63, 3.8) is 0 Å². The molecule has 28 heavy (non-hydrogen) atoms. The van der Waals surface area contributed by atoms with Crippen LogP contribution in [0.5, 0.6) is 23.0 Å². The molecule has 0 saturated heterocycles. The summed E-state index contributed by atoms with van der Waals surface area (Å²) in [6, 6.07) is 19.0. The van der Waals surface area contributed by atoms with Gasteiger partial charge in [0.15, 0.2) is 0 Å². The third-order valence-electron chi connectivity index (χ3n) is 4.79. The summed E-state index contributed by atoms with van der Waals surface area (Å²) in [5.74, 6) is 2.91. The summed E-state index contributed by atoms with van der Waals surface area (Å²) in [7, 11) is 3.22. The number of methoxy groups -OCH3 is 2. The lowest BCUT2D eigenvalue weighted by Crippen LogP contribution is -2.10. The number of aromatic hydroxyl groups is 1. The second-order valence-corrected chi connectivity index (χ2v) is 7.36. The summed E-state index contributed by atoms with van der Waals surface area (Å²) >= 11 is 3.54. The fourth-order valence-electron chi connectivity index (χ4n) is 3.33. The van der Waals surface area contributed by atoms with E-state index in [1.54, 1.807) is 20.3 Å². The fourth-order valence-corrected chi connectivity index (χ4v) is 3.71. The lowest BCUT2D eigenvalue weighted by Gasteiger charge is -2.26. The van der Waals surface area contributed by atoms with Crippen LogP contribution in [-0.4, -0.2) is 19.3 Å². The van der Waals surface area contributed by atoms with Crippen LogP contribution in [0.25, 0.3) is 5.76 Å². The highest BCUT2D eigenvalue weighted by molar-refractivity contribution is 9.10. The molecule has 4 rings (SSSR count). The first-order chi connectivity index (χ1) is 13.6. The molecule has 142 valence electrons. The van der Waals surface area contributed by atoms with Crippen molar-refractivity contribution < 1.29 is 19.3 Å². The van der Waals surface area contributed by atoms with Gasteiger partial charge in [0.05, 0.1) is 14.2 Å². The van der Waals surface area contributed by atoms with Crippen LogP contribution in [0, 0.1) is 0 Å². The second kappa shape index (κ2) is 7.60. The van der Waals surface area contributed by atoms with Crippen LogP contribution < -0.4 is 14.2 Å². The van der Waals surface area contributed by atoms with Crippen LogP contribution in [0.3, 0.4) is 0 Å². The van der Waals surface area contributed by atoms with Gasteiger partial charge in [-0.25, -0.2) is 0 Å². The Kier molecular flexibility index (Phi) is 5.01. The maximum absolute atomic E-state index is 10.6. The molecule has 0 fully saturated rings. The first-order valence-electron chi connectivity index (χ1n) is 8.79. The highest BCUT2D eigenvalue weighted by Gasteiger charge is 2.26. The van der Waals surface area contributed by atoms with Crippen LogP contribution in [0.1, 0.15) is 22.6 Å². The summed E-state index contributed by atoms with van der Waals surface area (Å²) in [6.45, 7) is 0. The molecule has 1 N–H and O–H groups in total. The normalized spacial score (nSPS) is 15.2. The van der Waals surface area contributed by atoms with Crippen molar-refractivity contribution >= 4 is 21.7 Å². The molecule has 3 aromatic carbocycles. The monoisotopic (exact) mass is 438 g/mol. The molecule has 1 unspecified atom stereocenters. The molecule has 0 aromatic heterocycles. The predicted octanol–water partition coefficient (Wildman–Crippen LogP) is 5.74. The molecular formula is C23H19BrO4. The van der Waals surface area contributed by atoms with Gasteiger partial charge in [0.2, 0.25) is 0 Å². The zero-order valence-corrected chi connectivity index (χ0v) is 17.1. The summed E-state index contributed by atoms with van der Waals surface area (Å²) in [6.07, 6.45) is 2.03. The van der Waals surface area contributed by atoms with E-state index in [1.807, 2.05) is 60.7 Å². The third kappa shape index (κ3) is 3.45. The lowest BCUT2D eigenvalue weighted by molar-refractivity contribution is 0.406. The lowest BCUT2D eigenvalue weighted by atomic mass is 9.87. The van der Waals surface area contributed by atoms with Gasteiger partial charge in [-0.1, -0.05) is 22.0 Å². The van der Waals surface area contributed by atoms with Crippen molar-refractivity contribution in [1.29, 1.82) is 0 Å². The van der Waals surface area contributed by atoms with Crippen LogP contribution in [0.4, 0.5) is 0 Å². The summed E-state index contributed by atoms with van der Waals surface area (Å²) in [5, 5.41) is 10.6. The van der Waals surface area contributed by atoms with E-state index in [0.717, 1.165) is 38.4 Å². The van der Waals surface area contributed by atoms with E-state index in [9.17, 15) is 5.11 Å². The minimum absolute atomic E-state index is 0.163. The standard InChI is InChI=1S/C23H19BrO4/c1-26-16-6-3-14(4-7-16)23-13-19(18-9-8-17(27-2)12-21(18)25)20-11-15(24)5-10-22(20)28-23/h3-13,19,25H,1-2H3. The van der Waals surface area contributed by atoms with E-state index < -0.39 is 0 Å². The van der Waals surface area contributed by atoms with Gasteiger partial charge in [-0.3, -0.25) is 0 Å². The smallest absolute Gasteiger partial charge is 0.131 e. The molecule has 1 heterocycles. The van der Waals surface area contributed by atoms with E-state index >= 15 is 0 Å². The molecule has 1 atom stereocenters. The molecule has 4 nitrogen and oxygen atoms in total.